The van der Waals surface area contributed by atoms with Crippen LogP contribution in [0, 0.1) is 0 Å². The van der Waals surface area contributed by atoms with Gasteiger partial charge in [0, 0.05) is 0 Å². The van der Waals surface area contributed by atoms with E-state index in [9.17, 15) is 4.79 Å². The van der Waals surface area contributed by atoms with Crippen LogP contribution in [-0.4, -0.2) is 37.3 Å². The van der Waals surface area contributed by atoms with Crippen LogP contribution in [0.3, 0.4) is 0 Å². The van der Waals surface area contributed by atoms with E-state index in [1.54, 1.807) is 27.8 Å². The van der Waals surface area contributed by atoms with Gasteiger partial charge in [-0.3, -0.25) is 4.79 Å². The van der Waals surface area contributed by atoms with Crippen LogP contribution in [0.15, 0.2) is 48.1 Å². The van der Waals surface area contributed by atoms with Gasteiger partial charge in [-0.25, -0.2) is 9.36 Å². The smallest absolute Gasteiger partial charge is 0.269 e. The first kappa shape index (κ1) is 16.3. The third-order valence-corrected chi connectivity index (χ3v) is 4.62. The zero-order valence-corrected chi connectivity index (χ0v) is 14.8. The Hall–Kier alpha value is -3.20. The highest BCUT2D eigenvalue weighted by Gasteiger charge is 2.15. The first-order valence-corrected chi connectivity index (χ1v) is 8.95. The molecule has 0 bridgehead atoms. The summed E-state index contributed by atoms with van der Waals surface area (Å²) in [5.41, 5.74) is 2.36. The maximum Gasteiger partial charge on any atom is 0.269 e. The van der Waals surface area contributed by atoms with Crippen molar-refractivity contribution in [2.45, 2.75) is 13.6 Å². The Morgan fingerprint density at radius 1 is 1.31 bits per heavy atom. The monoisotopic (exact) mass is 368 g/mol. The zero-order valence-electron chi connectivity index (χ0n) is 14.0. The van der Waals surface area contributed by atoms with Crippen LogP contribution in [0.4, 0.5) is 5.69 Å². The van der Waals surface area contributed by atoms with Crippen molar-refractivity contribution in [3.8, 4) is 5.75 Å². The number of thiophene rings is 1. The molecule has 1 aromatic carbocycles. The van der Waals surface area contributed by atoms with Crippen molar-refractivity contribution in [1.29, 1.82) is 0 Å². The van der Waals surface area contributed by atoms with Crippen LogP contribution < -0.4 is 10.1 Å². The molecule has 0 saturated heterocycles. The average molecular weight is 368 g/mol. The summed E-state index contributed by atoms with van der Waals surface area (Å²) >= 11 is 1.34. The number of aromatic nitrogens is 5. The summed E-state index contributed by atoms with van der Waals surface area (Å²) in [6.07, 6.45) is 3.35. The first-order valence-electron chi connectivity index (χ1n) is 8.07. The number of para-hydroxylation sites is 1. The summed E-state index contributed by atoms with van der Waals surface area (Å²) in [6, 6.07) is 9.51. The highest BCUT2D eigenvalue weighted by Crippen LogP contribution is 2.25. The molecule has 0 radical (unpaired) electrons. The predicted molar refractivity (Wildman–Crippen MR) is 98.6 cm³/mol. The molecule has 0 saturated carbocycles. The fourth-order valence-corrected chi connectivity index (χ4v) is 3.31. The zero-order chi connectivity index (χ0) is 17.9. The summed E-state index contributed by atoms with van der Waals surface area (Å²) in [6.45, 7) is 2.80. The Labute approximate surface area is 153 Å². The van der Waals surface area contributed by atoms with Crippen molar-refractivity contribution in [2.24, 2.45) is 0 Å². The van der Waals surface area contributed by atoms with Gasteiger partial charge in [0.1, 0.15) is 22.8 Å². The lowest BCUT2D eigenvalue weighted by Crippen LogP contribution is -2.12. The van der Waals surface area contributed by atoms with E-state index in [0.717, 1.165) is 11.0 Å². The van der Waals surface area contributed by atoms with Gasteiger partial charge in [-0.2, -0.15) is 5.10 Å². The normalized spacial score (nSPS) is 11.0. The number of fused-ring (bicyclic) bond motifs is 1. The number of rotatable bonds is 6. The number of nitrogens with zero attached hydrogens (tertiary/aromatic N) is 5. The highest BCUT2D eigenvalue weighted by molar-refractivity contribution is 7.12. The maximum absolute atomic E-state index is 12.4. The number of nitrogens with one attached hydrogen (secondary N) is 1. The van der Waals surface area contributed by atoms with Crippen LogP contribution in [0.25, 0.3) is 11.0 Å². The van der Waals surface area contributed by atoms with Gasteiger partial charge in [-0.05, 0) is 30.5 Å². The minimum atomic E-state index is -0.214. The molecule has 26 heavy (non-hydrogen) atoms. The minimum Gasteiger partial charge on any atom is -0.492 e. The van der Waals surface area contributed by atoms with E-state index in [2.05, 4.69) is 20.7 Å². The Kier molecular flexibility index (Phi) is 4.36. The fraction of sp³-hybridized carbons (Fsp3) is 0.176. The van der Waals surface area contributed by atoms with Crippen LogP contribution in [0.2, 0.25) is 0 Å². The number of carbonyl (C=O) groups is 1. The van der Waals surface area contributed by atoms with Gasteiger partial charge in [0.25, 0.3) is 5.91 Å². The number of ether oxygens (including phenoxy) is 1. The van der Waals surface area contributed by atoms with E-state index in [-0.39, 0.29) is 5.91 Å². The van der Waals surface area contributed by atoms with Gasteiger partial charge < -0.3 is 10.1 Å². The van der Waals surface area contributed by atoms with E-state index < -0.39 is 0 Å². The maximum atomic E-state index is 12.4. The molecule has 0 aliphatic carbocycles. The third-order valence-electron chi connectivity index (χ3n) is 3.73. The standard InChI is InChI=1S/C17H16N6O2S/c1-2-25-15-7-8-26-16(15)17(24)19-12-9-18-22(10-12)11-23-14-6-4-3-5-13(14)20-21-23/h3-10H,2,11H2,1H3,(H,19,24). The van der Waals surface area contributed by atoms with Gasteiger partial charge in [0.05, 0.1) is 30.2 Å². The molecule has 0 unspecified atom stereocenters. The summed E-state index contributed by atoms with van der Waals surface area (Å²) in [4.78, 5) is 13.0. The Bertz CT molecular complexity index is 1050. The molecule has 0 spiro atoms. The Balaban J connectivity index is 1.48. The lowest BCUT2D eigenvalue weighted by atomic mass is 10.3. The van der Waals surface area contributed by atoms with Crippen LogP contribution in [0.5, 0.6) is 5.75 Å². The van der Waals surface area contributed by atoms with Crippen molar-refractivity contribution in [3.05, 3.63) is 53.0 Å². The molecule has 4 rings (SSSR count). The van der Waals surface area contributed by atoms with Crippen LogP contribution >= 0.6 is 11.3 Å². The van der Waals surface area contributed by atoms with E-state index in [1.165, 1.54) is 11.3 Å². The number of amides is 1. The fourth-order valence-electron chi connectivity index (χ4n) is 2.58. The number of carbonyl (C=O) groups excluding carboxylic acids is 1. The SMILES string of the molecule is CCOc1ccsc1C(=O)Nc1cnn(Cn2nnc3ccccc32)c1. The van der Waals surface area contributed by atoms with Crippen molar-refractivity contribution >= 4 is 34.0 Å². The topological polar surface area (TPSA) is 86.9 Å². The molecule has 1 N–H and O–H groups in total. The van der Waals surface area contributed by atoms with Crippen molar-refractivity contribution in [2.75, 3.05) is 11.9 Å². The van der Waals surface area contributed by atoms with Gasteiger partial charge in [-0.1, -0.05) is 17.3 Å². The molecule has 132 valence electrons. The minimum absolute atomic E-state index is 0.214. The number of hydrogen-bond donors (Lipinski definition) is 1. The molecule has 3 aromatic heterocycles. The number of hydrogen-bond acceptors (Lipinski definition) is 6. The third kappa shape index (κ3) is 3.16. The molecule has 9 heteroatoms. The summed E-state index contributed by atoms with van der Waals surface area (Å²) in [5, 5.41) is 17.2. The van der Waals surface area contributed by atoms with Crippen molar-refractivity contribution in [1.82, 2.24) is 24.8 Å². The van der Waals surface area contributed by atoms with Crippen molar-refractivity contribution < 1.29 is 9.53 Å². The number of anilines is 1. The second-order valence-corrected chi connectivity index (χ2v) is 6.40. The second-order valence-electron chi connectivity index (χ2n) is 5.49. The average Bonchev–Trinajstić information content (AvgIpc) is 3.37. The molecule has 1 amide bonds. The van der Waals surface area contributed by atoms with E-state index in [4.69, 9.17) is 4.74 Å². The van der Waals surface area contributed by atoms with Gasteiger partial charge in [-0.15, -0.1) is 16.4 Å². The largest absolute Gasteiger partial charge is 0.492 e. The van der Waals surface area contributed by atoms with E-state index in [0.29, 0.717) is 29.6 Å². The second kappa shape index (κ2) is 6.96. The van der Waals surface area contributed by atoms with E-state index >= 15 is 0 Å². The van der Waals surface area contributed by atoms with Crippen LogP contribution in [0.1, 0.15) is 16.6 Å². The van der Waals surface area contributed by atoms with Gasteiger partial charge >= 0.3 is 0 Å². The first-order chi connectivity index (χ1) is 12.7. The van der Waals surface area contributed by atoms with Crippen molar-refractivity contribution in [3.63, 3.8) is 0 Å². The molecular formula is C17H16N6O2S. The Morgan fingerprint density at radius 2 is 2.19 bits per heavy atom. The molecule has 3 heterocycles. The molecule has 4 aromatic rings. The Morgan fingerprint density at radius 3 is 3.08 bits per heavy atom. The molecule has 0 aliphatic rings. The summed E-state index contributed by atoms with van der Waals surface area (Å²) in [7, 11) is 0. The quantitative estimate of drug-likeness (QED) is 0.565. The summed E-state index contributed by atoms with van der Waals surface area (Å²) in [5.74, 6) is 0.380. The molecule has 0 atom stereocenters. The lowest BCUT2D eigenvalue weighted by Gasteiger charge is -2.05. The van der Waals surface area contributed by atoms with Gasteiger partial charge in [0.2, 0.25) is 0 Å². The molecule has 0 aliphatic heterocycles. The van der Waals surface area contributed by atoms with Gasteiger partial charge in [0.15, 0.2) is 0 Å². The van der Waals surface area contributed by atoms with E-state index in [1.807, 2.05) is 36.6 Å². The lowest BCUT2D eigenvalue weighted by molar-refractivity contribution is 0.102. The number of benzene rings is 1. The van der Waals surface area contributed by atoms with Crippen LogP contribution in [-0.2, 0) is 6.67 Å². The highest BCUT2D eigenvalue weighted by atomic mass is 32.1. The predicted octanol–water partition coefficient (Wildman–Crippen LogP) is 2.85. The molecular weight excluding hydrogens is 352 g/mol. The molecule has 8 nitrogen and oxygen atoms in total. The summed E-state index contributed by atoms with van der Waals surface area (Å²) < 4.78 is 8.90. The molecule has 0 fully saturated rings.